The van der Waals surface area contributed by atoms with Crippen molar-refractivity contribution in [2.75, 3.05) is 18.0 Å². The summed E-state index contributed by atoms with van der Waals surface area (Å²) in [5.74, 6) is 0.387. The molecule has 112 valence electrons. The minimum atomic E-state index is -0.186. The lowest BCUT2D eigenvalue weighted by molar-refractivity contribution is -0.0292. The molecule has 0 saturated heterocycles. The Kier molecular flexibility index (Phi) is 4.74. The van der Waals surface area contributed by atoms with E-state index < -0.39 is 0 Å². The maximum Gasteiger partial charge on any atom is 0.0636 e. The summed E-state index contributed by atoms with van der Waals surface area (Å²) in [5, 5.41) is 10.6. The number of nitrogens with zero attached hydrogens (tertiary/aromatic N) is 1. The standard InChI is InChI=1S/C18H29NO/c1-5-19(16-11-7-6-9-14(16)2)13-15-10-8-12-18(3,4)17(15)20/h6-7,9,11,15,17,20H,5,8,10,12-13H2,1-4H3. The molecule has 2 unspecified atom stereocenters. The molecule has 1 aromatic rings. The van der Waals surface area contributed by atoms with E-state index in [1.165, 1.54) is 17.7 Å². The Hall–Kier alpha value is -1.02. The van der Waals surface area contributed by atoms with E-state index in [1.807, 2.05) is 0 Å². The predicted octanol–water partition coefficient (Wildman–Crippen LogP) is 4.01. The van der Waals surface area contributed by atoms with Crippen LogP contribution in [0.1, 0.15) is 45.6 Å². The molecule has 1 saturated carbocycles. The number of hydrogen-bond donors (Lipinski definition) is 1. The molecule has 0 spiro atoms. The zero-order valence-corrected chi connectivity index (χ0v) is 13.4. The second-order valence-corrected chi connectivity index (χ2v) is 6.91. The lowest BCUT2D eigenvalue weighted by atomic mass is 9.69. The van der Waals surface area contributed by atoms with Crippen molar-refractivity contribution in [3.05, 3.63) is 29.8 Å². The number of para-hydroxylation sites is 1. The van der Waals surface area contributed by atoms with Gasteiger partial charge in [0.15, 0.2) is 0 Å². The molecule has 1 aliphatic rings. The highest BCUT2D eigenvalue weighted by Crippen LogP contribution is 2.39. The summed E-state index contributed by atoms with van der Waals surface area (Å²) in [6.45, 7) is 10.7. The first-order valence-corrected chi connectivity index (χ1v) is 7.94. The van der Waals surface area contributed by atoms with Crippen molar-refractivity contribution in [1.29, 1.82) is 0 Å². The minimum Gasteiger partial charge on any atom is -0.392 e. The molecule has 0 aliphatic heterocycles. The summed E-state index contributed by atoms with van der Waals surface area (Å²) in [6, 6.07) is 8.55. The molecule has 0 heterocycles. The Labute approximate surface area is 123 Å². The number of rotatable bonds is 4. The maximum atomic E-state index is 10.6. The van der Waals surface area contributed by atoms with E-state index in [9.17, 15) is 5.11 Å². The van der Waals surface area contributed by atoms with E-state index in [4.69, 9.17) is 0 Å². The molecular weight excluding hydrogens is 246 g/mol. The average molecular weight is 275 g/mol. The third-order valence-corrected chi connectivity index (χ3v) is 4.94. The number of anilines is 1. The van der Waals surface area contributed by atoms with E-state index in [-0.39, 0.29) is 11.5 Å². The van der Waals surface area contributed by atoms with E-state index in [0.29, 0.717) is 5.92 Å². The van der Waals surface area contributed by atoms with Crippen molar-refractivity contribution in [2.45, 2.75) is 53.1 Å². The highest BCUT2D eigenvalue weighted by Gasteiger charge is 2.38. The van der Waals surface area contributed by atoms with E-state index >= 15 is 0 Å². The summed E-state index contributed by atoms with van der Waals surface area (Å²) < 4.78 is 0. The van der Waals surface area contributed by atoms with Crippen LogP contribution < -0.4 is 4.90 Å². The fourth-order valence-electron chi connectivity index (χ4n) is 3.55. The second kappa shape index (κ2) is 6.17. The smallest absolute Gasteiger partial charge is 0.0636 e. The van der Waals surface area contributed by atoms with Gasteiger partial charge in [0.05, 0.1) is 6.10 Å². The number of aliphatic hydroxyl groups is 1. The van der Waals surface area contributed by atoms with Crippen LogP contribution in [-0.2, 0) is 0 Å². The largest absolute Gasteiger partial charge is 0.392 e. The van der Waals surface area contributed by atoms with Gasteiger partial charge in [-0.1, -0.05) is 38.5 Å². The second-order valence-electron chi connectivity index (χ2n) is 6.91. The van der Waals surface area contributed by atoms with Crippen LogP contribution in [0.4, 0.5) is 5.69 Å². The Bertz CT molecular complexity index is 441. The number of benzene rings is 1. The lowest BCUT2D eigenvalue weighted by Gasteiger charge is -2.43. The minimum absolute atomic E-state index is 0.0636. The van der Waals surface area contributed by atoms with Crippen molar-refractivity contribution in [1.82, 2.24) is 0 Å². The molecule has 1 fully saturated rings. The van der Waals surface area contributed by atoms with Gasteiger partial charge >= 0.3 is 0 Å². The normalized spacial score (nSPS) is 25.4. The predicted molar refractivity (Wildman–Crippen MR) is 86.2 cm³/mol. The van der Waals surface area contributed by atoms with Crippen LogP contribution >= 0.6 is 0 Å². The zero-order chi connectivity index (χ0) is 14.8. The highest BCUT2D eigenvalue weighted by atomic mass is 16.3. The molecular formula is C18H29NO. The van der Waals surface area contributed by atoms with Gasteiger partial charge in [0.2, 0.25) is 0 Å². The maximum absolute atomic E-state index is 10.6. The van der Waals surface area contributed by atoms with Gasteiger partial charge in [-0.3, -0.25) is 0 Å². The van der Waals surface area contributed by atoms with Crippen LogP contribution in [0.15, 0.2) is 24.3 Å². The van der Waals surface area contributed by atoms with Crippen molar-refractivity contribution in [3.63, 3.8) is 0 Å². The quantitative estimate of drug-likeness (QED) is 0.897. The fourth-order valence-corrected chi connectivity index (χ4v) is 3.55. The molecule has 1 N–H and O–H groups in total. The fraction of sp³-hybridized carbons (Fsp3) is 0.667. The first-order valence-electron chi connectivity index (χ1n) is 7.94. The molecule has 1 aliphatic carbocycles. The third-order valence-electron chi connectivity index (χ3n) is 4.94. The van der Waals surface area contributed by atoms with Crippen molar-refractivity contribution < 1.29 is 5.11 Å². The Morgan fingerprint density at radius 3 is 2.65 bits per heavy atom. The Morgan fingerprint density at radius 1 is 1.30 bits per heavy atom. The van der Waals surface area contributed by atoms with Crippen LogP contribution in [-0.4, -0.2) is 24.3 Å². The average Bonchev–Trinajstić information content (AvgIpc) is 2.41. The summed E-state index contributed by atoms with van der Waals surface area (Å²) >= 11 is 0. The molecule has 0 amide bonds. The lowest BCUT2D eigenvalue weighted by Crippen LogP contribution is -2.45. The first-order chi connectivity index (χ1) is 9.45. The molecule has 0 radical (unpaired) electrons. The molecule has 2 nitrogen and oxygen atoms in total. The van der Waals surface area contributed by atoms with Gasteiger partial charge in [0.25, 0.3) is 0 Å². The van der Waals surface area contributed by atoms with Crippen molar-refractivity contribution in [3.8, 4) is 0 Å². The summed E-state index contributed by atoms with van der Waals surface area (Å²) in [6.07, 6.45) is 3.34. The number of hydrogen-bond acceptors (Lipinski definition) is 2. The van der Waals surface area contributed by atoms with Gasteiger partial charge in [-0.2, -0.15) is 0 Å². The molecule has 0 aromatic heterocycles. The summed E-state index contributed by atoms with van der Waals surface area (Å²) in [5.41, 5.74) is 2.69. The molecule has 2 heteroatoms. The van der Waals surface area contributed by atoms with Crippen LogP contribution in [0.5, 0.6) is 0 Å². The van der Waals surface area contributed by atoms with Crippen LogP contribution in [0.25, 0.3) is 0 Å². The van der Waals surface area contributed by atoms with Crippen molar-refractivity contribution in [2.24, 2.45) is 11.3 Å². The van der Waals surface area contributed by atoms with Gasteiger partial charge < -0.3 is 10.0 Å². The van der Waals surface area contributed by atoms with Gasteiger partial charge in [-0.15, -0.1) is 0 Å². The first kappa shape index (κ1) is 15.4. The molecule has 1 aromatic carbocycles. The topological polar surface area (TPSA) is 23.5 Å². The van der Waals surface area contributed by atoms with Crippen LogP contribution in [0.3, 0.4) is 0 Å². The Balaban J connectivity index is 2.13. The van der Waals surface area contributed by atoms with Crippen molar-refractivity contribution >= 4 is 5.69 Å². The van der Waals surface area contributed by atoms with Crippen LogP contribution in [0, 0.1) is 18.3 Å². The number of aliphatic hydroxyl groups excluding tert-OH is 1. The molecule has 2 atom stereocenters. The van der Waals surface area contributed by atoms with E-state index in [1.54, 1.807) is 0 Å². The number of aryl methyl sites for hydroxylation is 1. The summed E-state index contributed by atoms with van der Waals surface area (Å²) in [4.78, 5) is 2.42. The SMILES string of the molecule is CCN(CC1CCCC(C)(C)C1O)c1ccccc1C. The van der Waals surface area contributed by atoms with E-state index in [2.05, 4.69) is 56.9 Å². The van der Waals surface area contributed by atoms with Gasteiger partial charge in [-0.05, 0) is 43.7 Å². The molecule has 2 rings (SSSR count). The van der Waals surface area contributed by atoms with Gasteiger partial charge in [0.1, 0.15) is 0 Å². The van der Waals surface area contributed by atoms with Gasteiger partial charge in [-0.25, -0.2) is 0 Å². The van der Waals surface area contributed by atoms with E-state index in [0.717, 1.165) is 25.9 Å². The van der Waals surface area contributed by atoms with Gasteiger partial charge in [0, 0.05) is 24.7 Å². The highest BCUT2D eigenvalue weighted by molar-refractivity contribution is 5.52. The summed E-state index contributed by atoms with van der Waals surface area (Å²) in [7, 11) is 0. The molecule has 20 heavy (non-hydrogen) atoms. The molecule has 0 bridgehead atoms. The third kappa shape index (κ3) is 3.17. The monoisotopic (exact) mass is 275 g/mol. The Morgan fingerprint density at radius 2 is 2.00 bits per heavy atom. The van der Waals surface area contributed by atoms with Crippen LogP contribution in [0.2, 0.25) is 0 Å². The zero-order valence-electron chi connectivity index (χ0n) is 13.4.